The normalized spacial score (nSPS) is 17.9. The number of imide groups is 1. The van der Waals surface area contributed by atoms with Crippen molar-refractivity contribution in [3.8, 4) is 11.8 Å². The molecule has 20 heavy (non-hydrogen) atoms. The monoisotopic (exact) mass is 291 g/mol. The van der Waals surface area contributed by atoms with Crippen LogP contribution in [0.2, 0.25) is 0 Å². The molecule has 0 radical (unpaired) electrons. The first-order valence-electron chi connectivity index (χ1n) is 6.54. The highest BCUT2D eigenvalue weighted by Crippen LogP contribution is 2.21. The maximum Gasteiger partial charge on any atom is 0.325 e. The molecule has 5 nitrogen and oxygen atoms in total. The molecule has 0 bridgehead atoms. The molecule has 1 aromatic rings. The number of thiophene rings is 1. The Bertz CT molecular complexity index is 570. The molecule has 1 aromatic heterocycles. The fourth-order valence-electron chi connectivity index (χ4n) is 2.08. The molecule has 0 aliphatic carbocycles. The van der Waals surface area contributed by atoms with E-state index in [4.69, 9.17) is 5.73 Å². The first-order chi connectivity index (χ1) is 9.67. The van der Waals surface area contributed by atoms with E-state index in [1.807, 2.05) is 18.4 Å². The van der Waals surface area contributed by atoms with Gasteiger partial charge < -0.3 is 11.1 Å². The number of carbonyl (C=O) groups excluding carboxylic acids is 2. The topological polar surface area (TPSA) is 75.4 Å². The second kappa shape index (κ2) is 6.55. The standard InChI is InChI=1S/C14H17N3O2S/c1-2-4-11-13(18)17(14(19)16-11)9-12-10(5-3-7-15)6-8-20-12/h6,8,11H,2,4,7,9,15H2,1H3,(H,16,19). The summed E-state index contributed by atoms with van der Waals surface area (Å²) in [5.41, 5.74) is 6.19. The Morgan fingerprint density at radius 1 is 1.50 bits per heavy atom. The molecule has 106 valence electrons. The van der Waals surface area contributed by atoms with Crippen LogP contribution in [-0.4, -0.2) is 29.4 Å². The van der Waals surface area contributed by atoms with Crippen molar-refractivity contribution in [3.63, 3.8) is 0 Å². The molecular weight excluding hydrogens is 274 g/mol. The summed E-state index contributed by atoms with van der Waals surface area (Å²) < 4.78 is 0. The molecule has 1 saturated heterocycles. The molecule has 2 heterocycles. The van der Waals surface area contributed by atoms with E-state index in [1.165, 1.54) is 16.2 Å². The summed E-state index contributed by atoms with van der Waals surface area (Å²) in [6.07, 6.45) is 1.53. The Morgan fingerprint density at radius 2 is 2.30 bits per heavy atom. The largest absolute Gasteiger partial charge is 0.326 e. The minimum atomic E-state index is -0.383. The van der Waals surface area contributed by atoms with Gasteiger partial charge >= 0.3 is 6.03 Å². The number of hydrogen-bond donors (Lipinski definition) is 2. The van der Waals surface area contributed by atoms with Crippen molar-refractivity contribution < 1.29 is 9.59 Å². The van der Waals surface area contributed by atoms with Crippen molar-refractivity contribution in [2.45, 2.75) is 32.4 Å². The average molecular weight is 291 g/mol. The van der Waals surface area contributed by atoms with Crippen molar-refractivity contribution in [2.75, 3.05) is 6.54 Å². The number of nitrogens with one attached hydrogen (secondary N) is 1. The van der Waals surface area contributed by atoms with Gasteiger partial charge in [0.05, 0.1) is 13.1 Å². The van der Waals surface area contributed by atoms with Gasteiger partial charge in [-0.3, -0.25) is 9.69 Å². The fourth-order valence-corrected chi connectivity index (χ4v) is 2.89. The van der Waals surface area contributed by atoms with Crippen LogP contribution in [0.25, 0.3) is 0 Å². The van der Waals surface area contributed by atoms with E-state index < -0.39 is 0 Å². The van der Waals surface area contributed by atoms with Crippen LogP contribution in [0.4, 0.5) is 4.79 Å². The molecule has 6 heteroatoms. The smallest absolute Gasteiger partial charge is 0.325 e. The second-order valence-corrected chi connectivity index (χ2v) is 5.48. The summed E-state index contributed by atoms with van der Waals surface area (Å²) in [6.45, 7) is 2.55. The van der Waals surface area contributed by atoms with Crippen LogP contribution in [0, 0.1) is 11.8 Å². The van der Waals surface area contributed by atoms with Crippen molar-refractivity contribution in [1.29, 1.82) is 0 Å². The highest BCUT2D eigenvalue weighted by Gasteiger charge is 2.37. The van der Waals surface area contributed by atoms with Gasteiger partial charge in [-0.25, -0.2) is 4.79 Å². The van der Waals surface area contributed by atoms with Gasteiger partial charge in [0, 0.05) is 10.4 Å². The summed E-state index contributed by atoms with van der Waals surface area (Å²) in [5.74, 6) is 5.60. The summed E-state index contributed by atoms with van der Waals surface area (Å²) in [6, 6.07) is 1.18. The Kier molecular flexibility index (Phi) is 4.77. The third-order valence-corrected chi connectivity index (χ3v) is 3.96. The lowest BCUT2D eigenvalue weighted by Gasteiger charge is -2.12. The zero-order chi connectivity index (χ0) is 14.5. The lowest BCUT2D eigenvalue weighted by molar-refractivity contribution is -0.127. The van der Waals surface area contributed by atoms with Crippen LogP contribution in [0.3, 0.4) is 0 Å². The van der Waals surface area contributed by atoms with E-state index >= 15 is 0 Å². The number of urea groups is 1. The van der Waals surface area contributed by atoms with Gasteiger partial charge in [0.25, 0.3) is 5.91 Å². The fraction of sp³-hybridized carbons (Fsp3) is 0.429. The summed E-state index contributed by atoms with van der Waals surface area (Å²) in [5, 5.41) is 4.62. The summed E-state index contributed by atoms with van der Waals surface area (Å²) >= 11 is 1.49. The molecule has 1 aliphatic rings. The van der Waals surface area contributed by atoms with Crippen LogP contribution >= 0.6 is 11.3 Å². The van der Waals surface area contributed by atoms with Crippen LogP contribution in [0.1, 0.15) is 30.2 Å². The predicted molar refractivity (Wildman–Crippen MR) is 78.0 cm³/mol. The minimum Gasteiger partial charge on any atom is -0.326 e. The number of rotatable bonds is 4. The number of nitrogens with zero attached hydrogens (tertiary/aromatic N) is 1. The summed E-state index contributed by atoms with van der Waals surface area (Å²) in [7, 11) is 0. The first-order valence-corrected chi connectivity index (χ1v) is 7.42. The van der Waals surface area contributed by atoms with Gasteiger partial charge in [-0.15, -0.1) is 11.3 Å². The maximum atomic E-state index is 12.1. The van der Waals surface area contributed by atoms with E-state index in [9.17, 15) is 9.59 Å². The number of amides is 3. The van der Waals surface area contributed by atoms with Crippen LogP contribution in [0.5, 0.6) is 0 Å². The van der Waals surface area contributed by atoms with Gasteiger partial charge in [0.15, 0.2) is 0 Å². The van der Waals surface area contributed by atoms with E-state index in [0.717, 1.165) is 16.9 Å². The second-order valence-electron chi connectivity index (χ2n) is 4.48. The van der Waals surface area contributed by atoms with Crippen molar-refractivity contribution in [1.82, 2.24) is 10.2 Å². The Labute approximate surface area is 122 Å². The van der Waals surface area contributed by atoms with E-state index in [1.54, 1.807) is 0 Å². The van der Waals surface area contributed by atoms with Gasteiger partial charge in [0.2, 0.25) is 0 Å². The van der Waals surface area contributed by atoms with Gasteiger partial charge in [-0.2, -0.15) is 0 Å². The van der Waals surface area contributed by atoms with Crippen molar-refractivity contribution in [2.24, 2.45) is 5.73 Å². The third-order valence-electron chi connectivity index (χ3n) is 3.06. The highest BCUT2D eigenvalue weighted by molar-refractivity contribution is 7.10. The quantitative estimate of drug-likeness (QED) is 0.648. The SMILES string of the molecule is CCCC1NC(=O)N(Cc2sccc2C#CCN)C1=O. The predicted octanol–water partition coefficient (Wildman–Crippen LogP) is 1.28. The highest BCUT2D eigenvalue weighted by atomic mass is 32.1. The van der Waals surface area contributed by atoms with Crippen molar-refractivity contribution in [3.05, 3.63) is 21.9 Å². The maximum absolute atomic E-state index is 12.1. The Hall–Kier alpha value is -1.84. The lowest BCUT2D eigenvalue weighted by Crippen LogP contribution is -2.30. The molecule has 3 amide bonds. The summed E-state index contributed by atoms with van der Waals surface area (Å²) in [4.78, 5) is 26.2. The molecule has 3 N–H and O–H groups in total. The molecule has 2 rings (SSSR count). The molecule has 0 spiro atoms. The van der Waals surface area contributed by atoms with Gasteiger partial charge in [0.1, 0.15) is 6.04 Å². The zero-order valence-electron chi connectivity index (χ0n) is 11.3. The van der Waals surface area contributed by atoms with Crippen LogP contribution in [0.15, 0.2) is 11.4 Å². The van der Waals surface area contributed by atoms with Crippen molar-refractivity contribution >= 4 is 23.3 Å². The molecule has 0 aromatic carbocycles. The molecule has 1 fully saturated rings. The minimum absolute atomic E-state index is 0.150. The van der Waals surface area contributed by atoms with Gasteiger partial charge in [-0.05, 0) is 17.9 Å². The van der Waals surface area contributed by atoms with E-state index in [-0.39, 0.29) is 31.1 Å². The Balaban J connectivity index is 2.12. The molecule has 1 atom stereocenters. The van der Waals surface area contributed by atoms with Crippen LogP contribution in [-0.2, 0) is 11.3 Å². The van der Waals surface area contributed by atoms with E-state index in [0.29, 0.717) is 6.42 Å². The number of hydrogen-bond acceptors (Lipinski definition) is 4. The van der Waals surface area contributed by atoms with Gasteiger partial charge in [-0.1, -0.05) is 25.2 Å². The average Bonchev–Trinajstić information content (AvgIpc) is 2.97. The molecule has 1 aliphatic heterocycles. The number of nitrogens with two attached hydrogens (primary N) is 1. The molecule has 1 unspecified atom stereocenters. The van der Waals surface area contributed by atoms with E-state index in [2.05, 4.69) is 17.2 Å². The molecule has 0 saturated carbocycles. The lowest BCUT2D eigenvalue weighted by atomic mass is 10.1. The third kappa shape index (κ3) is 3.00. The van der Waals surface area contributed by atoms with Crippen LogP contribution < -0.4 is 11.1 Å². The zero-order valence-corrected chi connectivity index (χ0v) is 12.1. The molecular formula is C14H17N3O2S. The first kappa shape index (κ1) is 14.6. The number of carbonyl (C=O) groups is 2. The Morgan fingerprint density at radius 3 is 3.00 bits per heavy atom.